The van der Waals surface area contributed by atoms with Crippen LogP contribution in [0, 0.1) is 0 Å². The standard InChI is InChI=1S/C23H31N3O2/c1-22(2,3)28-21(27)26-19(24-4)10-9-16-15-23(11-13-25-14-12-23)18-8-6-5-7-17(18)20(16)26/h5-10,19,24-25H,11-15H2,1-4H3. The lowest BCUT2D eigenvalue weighted by Crippen LogP contribution is -2.51. The smallest absolute Gasteiger partial charge is 0.416 e. The Bertz CT molecular complexity index is 828. The van der Waals surface area contributed by atoms with Gasteiger partial charge in [0.05, 0.1) is 5.70 Å². The number of likely N-dealkylation sites (N-methyl/N-ethyl adjacent to an activating group) is 1. The first-order chi connectivity index (χ1) is 13.3. The topological polar surface area (TPSA) is 53.6 Å². The highest BCUT2D eigenvalue weighted by molar-refractivity contribution is 5.88. The summed E-state index contributed by atoms with van der Waals surface area (Å²) in [5.74, 6) is 0. The lowest BCUT2D eigenvalue weighted by atomic mass is 9.64. The van der Waals surface area contributed by atoms with Crippen molar-refractivity contribution in [2.24, 2.45) is 0 Å². The van der Waals surface area contributed by atoms with Crippen molar-refractivity contribution in [3.63, 3.8) is 0 Å². The van der Waals surface area contributed by atoms with Crippen molar-refractivity contribution < 1.29 is 9.53 Å². The van der Waals surface area contributed by atoms with Crippen molar-refractivity contribution >= 4 is 11.8 Å². The highest BCUT2D eigenvalue weighted by Gasteiger charge is 2.44. The number of carbonyl (C=O) groups is 1. The molecule has 1 atom stereocenters. The lowest BCUT2D eigenvalue weighted by molar-refractivity contribution is 0.0298. The van der Waals surface area contributed by atoms with Gasteiger partial charge < -0.3 is 10.1 Å². The molecule has 2 heterocycles. The SMILES string of the molecule is CNC1C=CC2=C(c3ccccc3C3(CCNCC3)C2)N1C(=O)OC(C)(C)C. The first kappa shape index (κ1) is 19.2. The summed E-state index contributed by atoms with van der Waals surface area (Å²) < 4.78 is 5.78. The highest BCUT2D eigenvalue weighted by atomic mass is 16.6. The predicted octanol–water partition coefficient (Wildman–Crippen LogP) is 3.78. The zero-order chi connectivity index (χ0) is 19.9. The van der Waals surface area contributed by atoms with Crippen LogP contribution in [-0.4, -0.2) is 42.9 Å². The van der Waals surface area contributed by atoms with E-state index in [1.165, 1.54) is 16.7 Å². The van der Waals surface area contributed by atoms with Crippen LogP contribution in [0.5, 0.6) is 0 Å². The van der Waals surface area contributed by atoms with Gasteiger partial charge in [0, 0.05) is 11.0 Å². The van der Waals surface area contributed by atoms with Gasteiger partial charge in [0.25, 0.3) is 0 Å². The third-order valence-electron chi connectivity index (χ3n) is 6.03. The number of nitrogens with one attached hydrogen (secondary N) is 2. The van der Waals surface area contributed by atoms with E-state index in [1.54, 1.807) is 4.90 Å². The van der Waals surface area contributed by atoms with E-state index in [0.29, 0.717) is 0 Å². The summed E-state index contributed by atoms with van der Waals surface area (Å²) in [6, 6.07) is 8.62. The third-order valence-corrected chi connectivity index (χ3v) is 6.03. The van der Waals surface area contributed by atoms with E-state index < -0.39 is 5.60 Å². The fourth-order valence-electron chi connectivity index (χ4n) is 4.82. The number of amides is 1. The molecule has 0 aromatic heterocycles. The zero-order valence-electron chi connectivity index (χ0n) is 17.3. The molecule has 1 fully saturated rings. The Balaban J connectivity index is 1.83. The van der Waals surface area contributed by atoms with E-state index in [1.807, 2.05) is 27.8 Å². The van der Waals surface area contributed by atoms with E-state index in [9.17, 15) is 4.79 Å². The van der Waals surface area contributed by atoms with Crippen LogP contribution in [0.2, 0.25) is 0 Å². The molecule has 1 amide bonds. The fraction of sp³-hybridized carbons (Fsp3) is 0.522. The molecule has 0 bridgehead atoms. The highest BCUT2D eigenvalue weighted by Crippen LogP contribution is 2.50. The Kier molecular flexibility index (Phi) is 4.84. The summed E-state index contributed by atoms with van der Waals surface area (Å²) in [5, 5.41) is 6.75. The molecule has 1 unspecified atom stereocenters. The molecule has 28 heavy (non-hydrogen) atoms. The van der Waals surface area contributed by atoms with Crippen molar-refractivity contribution in [3.8, 4) is 0 Å². The largest absolute Gasteiger partial charge is 0.443 e. The Hall–Kier alpha value is -2.11. The van der Waals surface area contributed by atoms with Crippen molar-refractivity contribution in [1.29, 1.82) is 0 Å². The number of piperidine rings is 1. The van der Waals surface area contributed by atoms with E-state index in [0.717, 1.165) is 38.0 Å². The predicted molar refractivity (Wildman–Crippen MR) is 112 cm³/mol. The Morgan fingerprint density at radius 2 is 1.96 bits per heavy atom. The van der Waals surface area contributed by atoms with Crippen molar-refractivity contribution in [3.05, 3.63) is 53.1 Å². The molecule has 5 nitrogen and oxygen atoms in total. The maximum absolute atomic E-state index is 13.2. The second-order valence-corrected chi connectivity index (χ2v) is 9.07. The van der Waals surface area contributed by atoms with Crippen LogP contribution in [-0.2, 0) is 10.2 Å². The van der Waals surface area contributed by atoms with Gasteiger partial charge in [0.1, 0.15) is 11.8 Å². The van der Waals surface area contributed by atoms with Gasteiger partial charge in [-0.15, -0.1) is 0 Å². The molecule has 1 aliphatic carbocycles. The molecule has 2 N–H and O–H groups in total. The van der Waals surface area contributed by atoms with Crippen molar-refractivity contribution in [2.75, 3.05) is 20.1 Å². The summed E-state index contributed by atoms with van der Waals surface area (Å²) in [5.41, 5.74) is 4.38. The summed E-state index contributed by atoms with van der Waals surface area (Å²) in [6.07, 6.45) is 6.96. The number of carbonyl (C=O) groups excluding carboxylic acids is 1. The first-order valence-corrected chi connectivity index (χ1v) is 10.3. The van der Waals surface area contributed by atoms with Crippen LogP contribution >= 0.6 is 0 Å². The van der Waals surface area contributed by atoms with E-state index in [2.05, 4.69) is 47.1 Å². The molecule has 0 radical (unpaired) electrons. The van der Waals surface area contributed by atoms with Crippen LogP contribution in [0.15, 0.2) is 42.0 Å². The number of benzene rings is 1. The number of hydrogen-bond acceptors (Lipinski definition) is 4. The van der Waals surface area contributed by atoms with Crippen molar-refractivity contribution in [2.45, 2.75) is 57.2 Å². The molecular weight excluding hydrogens is 350 g/mol. The minimum atomic E-state index is -0.540. The minimum absolute atomic E-state index is 0.150. The second-order valence-electron chi connectivity index (χ2n) is 9.07. The third kappa shape index (κ3) is 3.27. The minimum Gasteiger partial charge on any atom is -0.443 e. The number of allylic oxidation sites excluding steroid dienone is 2. The molecule has 3 aliphatic rings. The number of fused-ring (bicyclic) bond motifs is 3. The zero-order valence-corrected chi connectivity index (χ0v) is 17.3. The second kappa shape index (κ2) is 7.05. The Morgan fingerprint density at radius 1 is 1.25 bits per heavy atom. The van der Waals surface area contributed by atoms with Gasteiger partial charge >= 0.3 is 6.09 Å². The Morgan fingerprint density at radius 3 is 2.64 bits per heavy atom. The quantitative estimate of drug-likeness (QED) is 0.777. The first-order valence-electron chi connectivity index (χ1n) is 10.3. The molecule has 1 spiro atoms. The summed E-state index contributed by atoms with van der Waals surface area (Å²) in [7, 11) is 1.88. The fourth-order valence-corrected chi connectivity index (χ4v) is 4.82. The monoisotopic (exact) mass is 381 g/mol. The Labute approximate surface area is 167 Å². The van der Waals surface area contributed by atoms with Gasteiger partial charge in [-0.05, 0) is 77.4 Å². The molecule has 2 aliphatic heterocycles. The van der Waals surface area contributed by atoms with Crippen LogP contribution in [0.3, 0.4) is 0 Å². The van der Waals surface area contributed by atoms with Gasteiger partial charge in [0.2, 0.25) is 0 Å². The lowest BCUT2D eigenvalue weighted by Gasteiger charge is -2.47. The van der Waals surface area contributed by atoms with Crippen LogP contribution < -0.4 is 10.6 Å². The number of ether oxygens (including phenoxy) is 1. The molecule has 1 saturated heterocycles. The van der Waals surface area contributed by atoms with Crippen LogP contribution in [0.4, 0.5) is 4.79 Å². The average molecular weight is 382 g/mol. The number of hydrogen-bond donors (Lipinski definition) is 2. The normalized spacial score (nSPS) is 23.4. The summed E-state index contributed by atoms with van der Waals surface area (Å²) in [6.45, 7) is 7.80. The maximum atomic E-state index is 13.2. The number of nitrogens with zero attached hydrogens (tertiary/aromatic N) is 1. The molecule has 0 saturated carbocycles. The van der Waals surface area contributed by atoms with Crippen LogP contribution in [0.1, 0.15) is 51.2 Å². The maximum Gasteiger partial charge on any atom is 0.416 e. The van der Waals surface area contributed by atoms with Gasteiger partial charge in [-0.3, -0.25) is 10.2 Å². The van der Waals surface area contributed by atoms with Gasteiger partial charge in [0.15, 0.2) is 0 Å². The van der Waals surface area contributed by atoms with E-state index >= 15 is 0 Å². The van der Waals surface area contributed by atoms with E-state index in [4.69, 9.17) is 4.74 Å². The molecule has 1 aromatic carbocycles. The molecule has 5 heteroatoms. The average Bonchev–Trinajstić information content (AvgIpc) is 2.67. The summed E-state index contributed by atoms with van der Waals surface area (Å²) in [4.78, 5) is 15.0. The van der Waals surface area contributed by atoms with Gasteiger partial charge in [-0.2, -0.15) is 0 Å². The van der Waals surface area contributed by atoms with Crippen LogP contribution in [0.25, 0.3) is 5.70 Å². The van der Waals surface area contributed by atoms with E-state index in [-0.39, 0.29) is 17.7 Å². The van der Waals surface area contributed by atoms with Crippen molar-refractivity contribution in [1.82, 2.24) is 15.5 Å². The molecule has 1 aromatic rings. The van der Waals surface area contributed by atoms with Gasteiger partial charge in [-0.25, -0.2) is 4.79 Å². The van der Waals surface area contributed by atoms with Gasteiger partial charge in [-0.1, -0.05) is 30.3 Å². The summed E-state index contributed by atoms with van der Waals surface area (Å²) >= 11 is 0. The molecule has 4 rings (SSSR count). The molecular formula is C23H31N3O2. The number of rotatable bonds is 1. The molecule has 150 valence electrons.